The number of piperidine rings is 1. The zero-order valence-electron chi connectivity index (χ0n) is 21.1. The van der Waals surface area contributed by atoms with Crippen LogP contribution in [0.25, 0.3) is 10.9 Å². The number of hydrogen-bond acceptors (Lipinski definition) is 4. The van der Waals surface area contributed by atoms with Gasteiger partial charge in [0.05, 0.1) is 5.92 Å². The number of carbonyl (C=O) groups excluding carboxylic acids is 2. The molecule has 1 aliphatic carbocycles. The van der Waals surface area contributed by atoms with Gasteiger partial charge in [-0.05, 0) is 64.0 Å². The summed E-state index contributed by atoms with van der Waals surface area (Å²) in [4.78, 5) is 32.6. The molecule has 1 N–H and O–H groups in total. The molecule has 1 aromatic heterocycles. The third kappa shape index (κ3) is 4.64. The summed E-state index contributed by atoms with van der Waals surface area (Å²) in [5, 5.41) is 4.20. The molecule has 0 spiro atoms. The van der Waals surface area contributed by atoms with Crippen molar-refractivity contribution in [3.8, 4) is 0 Å². The topological polar surface area (TPSA) is 60.8 Å². The number of aromatic nitrogens is 1. The van der Waals surface area contributed by atoms with Crippen LogP contribution in [0.1, 0.15) is 36.8 Å². The van der Waals surface area contributed by atoms with Gasteiger partial charge in [-0.1, -0.05) is 18.2 Å². The Kier molecular flexibility index (Phi) is 7.43. The molecular weight excluding hydrogens is 426 g/mol. The summed E-state index contributed by atoms with van der Waals surface area (Å²) in [6.45, 7) is 9.05. The van der Waals surface area contributed by atoms with Crippen LogP contribution in [-0.2, 0) is 18.3 Å². The van der Waals surface area contributed by atoms with Crippen molar-refractivity contribution >= 4 is 22.8 Å². The summed E-state index contributed by atoms with van der Waals surface area (Å²) in [6.07, 6.45) is 6.71. The number of rotatable bonds is 8. The lowest BCUT2D eigenvalue weighted by atomic mass is 9.72. The second kappa shape index (κ2) is 10.3. The van der Waals surface area contributed by atoms with Gasteiger partial charge in [0.1, 0.15) is 0 Å². The van der Waals surface area contributed by atoms with Crippen molar-refractivity contribution in [3.05, 3.63) is 48.2 Å². The maximum absolute atomic E-state index is 13.8. The standard InChI is InChI=1S/C27H39N5O2/c1-6-12-31-18-20(26(33)32(27(34)28-7-2)14-9-13-29(3)4)15-22-21-10-8-11-23-25(21)19(16-24(22)31)17-30(23)5/h6,8,10-11,17,20,22,24H,1,7,9,12-16,18H2,2-5H3,(H,28,34). The van der Waals surface area contributed by atoms with E-state index < -0.39 is 0 Å². The first-order valence-corrected chi connectivity index (χ1v) is 12.5. The molecule has 3 unspecified atom stereocenters. The number of aryl methyl sites for hydroxylation is 1. The quantitative estimate of drug-likeness (QED) is 0.609. The SMILES string of the molecule is C=CCN1CC(C(=O)N(CCCN(C)C)C(=O)NCC)CC2c3cccc4c3c(cn4C)CC21. The summed E-state index contributed by atoms with van der Waals surface area (Å²) in [7, 11) is 6.12. The fourth-order valence-electron chi connectivity index (χ4n) is 5.95. The third-order valence-corrected chi connectivity index (χ3v) is 7.42. The fourth-order valence-corrected chi connectivity index (χ4v) is 5.95. The van der Waals surface area contributed by atoms with Crippen molar-refractivity contribution in [1.29, 1.82) is 0 Å². The van der Waals surface area contributed by atoms with E-state index in [2.05, 4.69) is 57.7 Å². The third-order valence-electron chi connectivity index (χ3n) is 7.42. The Bertz CT molecular complexity index is 1060. The van der Waals surface area contributed by atoms with E-state index in [0.717, 1.165) is 32.4 Å². The van der Waals surface area contributed by atoms with Gasteiger partial charge in [-0.2, -0.15) is 0 Å². The fraction of sp³-hybridized carbons (Fsp3) is 0.556. The Morgan fingerprint density at radius 3 is 2.76 bits per heavy atom. The molecule has 2 heterocycles. The molecule has 1 fully saturated rings. The van der Waals surface area contributed by atoms with Crippen LogP contribution in [0.2, 0.25) is 0 Å². The summed E-state index contributed by atoms with van der Waals surface area (Å²) in [5.41, 5.74) is 3.98. The molecule has 1 aliphatic heterocycles. The molecule has 1 saturated heterocycles. The lowest BCUT2D eigenvalue weighted by molar-refractivity contribution is -0.135. The molecule has 3 atom stereocenters. The lowest BCUT2D eigenvalue weighted by Crippen LogP contribution is -2.55. The van der Waals surface area contributed by atoms with E-state index in [-0.39, 0.29) is 23.8 Å². The molecule has 2 aromatic rings. The highest BCUT2D eigenvalue weighted by Crippen LogP contribution is 2.45. The second-order valence-electron chi connectivity index (χ2n) is 10.0. The van der Waals surface area contributed by atoms with Gasteiger partial charge < -0.3 is 14.8 Å². The first-order valence-electron chi connectivity index (χ1n) is 12.5. The highest BCUT2D eigenvalue weighted by Gasteiger charge is 2.44. The van der Waals surface area contributed by atoms with Crippen LogP contribution in [0, 0.1) is 5.92 Å². The molecule has 184 valence electrons. The molecule has 7 heteroatoms. The summed E-state index contributed by atoms with van der Waals surface area (Å²) in [6, 6.07) is 6.61. The molecule has 34 heavy (non-hydrogen) atoms. The van der Waals surface area contributed by atoms with E-state index in [0.29, 0.717) is 25.7 Å². The van der Waals surface area contributed by atoms with Gasteiger partial charge in [0.2, 0.25) is 5.91 Å². The van der Waals surface area contributed by atoms with Crippen LogP contribution < -0.4 is 5.32 Å². The number of fused-ring (bicyclic) bond motifs is 2. The summed E-state index contributed by atoms with van der Waals surface area (Å²) < 4.78 is 2.22. The number of benzene rings is 1. The van der Waals surface area contributed by atoms with Gasteiger partial charge in [0.25, 0.3) is 0 Å². The number of hydrogen-bond donors (Lipinski definition) is 1. The first-order chi connectivity index (χ1) is 16.3. The van der Waals surface area contributed by atoms with E-state index in [9.17, 15) is 9.59 Å². The average Bonchev–Trinajstić information content (AvgIpc) is 3.13. The first kappa shape index (κ1) is 24.5. The highest BCUT2D eigenvalue weighted by atomic mass is 16.2. The largest absolute Gasteiger partial charge is 0.350 e. The van der Waals surface area contributed by atoms with Gasteiger partial charge in [-0.3, -0.25) is 14.6 Å². The Hall–Kier alpha value is -2.64. The minimum atomic E-state index is -0.278. The average molecular weight is 466 g/mol. The van der Waals surface area contributed by atoms with Gasteiger partial charge in [-0.25, -0.2) is 4.79 Å². The van der Waals surface area contributed by atoms with Crippen molar-refractivity contribution in [3.63, 3.8) is 0 Å². The Labute approximate surface area is 203 Å². The molecule has 0 bridgehead atoms. The second-order valence-corrected chi connectivity index (χ2v) is 10.0. The lowest BCUT2D eigenvalue weighted by Gasteiger charge is -2.47. The normalized spacial score (nSPS) is 22.0. The van der Waals surface area contributed by atoms with Crippen LogP contribution in [-0.4, -0.2) is 84.1 Å². The van der Waals surface area contributed by atoms with Crippen molar-refractivity contribution in [2.75, 3.05) is 46.8 Å². The number of carbonyl (C=O) groups is 2. The van der Waals surface area contributed by atoms with E-state index in [1.54, 1.807) is 0 Å². The zero-order valence-corrected chi connectivity index (χ0v) is 21.1. The van der Waals surface area contributed by atoms with Crippen LogP contribution in [0.15, 0.2) is 37.1 Å². The predicted octanol–water partition coefficient (Wildman–Crippen LogP) is 3.20. The molecule has 1 aromatic carbocycles. The minimum absolute atomic E-state index is 0.0525. The van der Waals surface area contributed by atoms with Crippen molar-refractivity contribution in [1.82, 2.24) is 24.6 Å². The molecule has 0 radical (unpaired) electrons. The smallest absolute Gasteiger partial charge is 0.324 e. The van der Waals surface area contributed by atoms with Crippen LogP contribution >= 0.6 is 0 Å². The van der Waals surface area contributed by atoms with Crippen LogP contribution in [0.5, 0.6) is 0 Å². The van der Waals surface area contributed by atoms with Gasteiger partial charge in [0, 0.05) is 62.3 Å². The minimum Gasteiger partial charge on any atom is -0.350 e. The summed E-state index contributed by atoms with van der Waals surface area (Å²) >= 11 is 0. The molecule has 2 aliphatic rings. The molecule has 4 rings (SSSR count). The van der Waals surface area contributed by atoms with Gasteiger partial charge in [-0.15, -0.1) is 6.58 Å². The van der Waals surface area contributed by atoms with E-state index >= 15 is 0 Å². The Balaban J connectivity index is 1.64. The number of likely N-dealkylation sites (tertiary alicyclic amines) is 1. The molecular formula is C27H39N5O2. The molecule has 0 saturated carbocycles. The Morgan fingerprint density at radius 2 is 2.06 bits per heavy atom. The maximum atomic E-state index is 13.8. The number of amides is 3. The van der Waals surface area contributed by atoms with Crippen molar-refractivity contribution < 1.29 is 9.59 Å². The Morgan fingerprint density at radius 1 is 1.26 bits per heavy atom. The van der Waals surface area contributed by atoms with E-state index in [1.165, 1.54) is 26.9 Å². The zero-order chi connectivity index (χ0) is 24.4. The van der Waals surface area contributed by atoms with Crippen LogP contribution in [0.3, 0.4) is 0 Å². The van der Waals surface area contributed by atoms with Crippen molar-refractivity contribution in [2.24, 2.45) is 13.0 Å². The number of nitrogens with one attached hydrogen (secondary N) is 1. The van der Waals surface area contributed by atoms with E-state index in [4.69, 9.17) is 0 Å². The van der Waals surface area contributed by atoms with Crippen LogP contribution in [0.4, 0.5) is 4.79 Å². The summed E-state index contributed by atoms with van der Waals surface area (Å²) in [5.74, 6) is -0.00829. The van der Waals surface area contributed by atoms with E-state index in [1.807, 2.05) is 27.1 Å². The number of urea groups is 1. The van der Waals surface area contributed by atoms with Crippen molar-refractivity contribution in [2.45, 2.75) is 38.1 Å². The maximum Gasteiger partial charge on any atom is 0.324 e. The number of nitrogens with zero attached hydrogens (tertiary/aromatic N) is 4. The predicted molar refractivity (Wildman–Crippen MR) is 137 cm³/mol. The monoisotopic (exact) mass is 465 g/mol. The van der Waals surface area contributed by atoms with Gasteiger partial charge >= 0.3 is 6.03 Å². The highest BCUT2D eigenvalue weighted by molar-refractivity contribution is 5.96. The van der Waals surface area contributed by atoms with Gasteiger partial charge in [0.15, 0.2) is 0 Å². The number of imide groups is 1. The molecule has 7 nitrogen and oxygen atoms in total. The molecule has 3 amide bonds.